The van der Waals surface area contributed by atoms with Crippen molar-refractivity contribution in [2.75, 3.05) is 4.90 Å². The van der Waals surface area contributed by atoms with E-state index in [9.17, 15) is 9.59 Å². The molecule has 1 aliphatic rings. The summed E-state index contributed by atoms with van der Waals surface area (Å²) in [5.41, 5.74) is 2.58. The lowest BCUT2D eigenvalue weighted by Gasteiger charge is -2.15. The van der Waals surface area contributed by atoms with E-state index in [1.807, 2.05) is 61.5 Å². The molecule has 0 radical (unpaired) electrons. The summed E-state index contributed by atoms with van der Waals surface area (Å²) in [6.45, 7) is 1.84. The molecule has 0 bridgehead atoms. The molecule has 0 spiro atoms. The molecule has 0 aromatic heterocycles. The summed E-state index contributed by atoms with van der Waals surface area (Å²) in [6.07, 6.45) is 0.244. The van der Waals surface area contributed by atoms with Crippen LogP contribution in [0.25, 0.3) is 0 Å². The van der Waals surface area contributed by atoms with Crippen molar-refractivity contribution in [1.82, 2.24) is 0 Å². The average molecular weight is 265 g/mol. The molecule has 1 heterocycles. The molecular weight excluding hydrogens is 250 g/mol. The van der Waals surface area contributed by atoms with Crippen LogP contribution in [0.1, 0.15) is 24.0 Å². The summed E-state index contributed by atoms with van der Waals surface area (Å²) in [5, 5.41) is 0. The van der Waals surface area contributed by atoms with Gasteiger partial charge in [0.2, 0.25) is 11.8 Å². The van der Waals surface area contributed by atoms with Crippen LogP contribution in [0, 0.1) is 0 Å². The zero-order valence-corrected chi connectivity index (χ0v) is 11.2. The fraction of sp³-hybridized carbons (Fsp3) is 0.176. The maximum Gasteiger partial charge on any atom is 0.241 e. The summed E-state index contributed by atoms with van der Waals surface area (Å²) in [6, 6.07) is 17.0. The second-order valence-corrected chi connectivity index (χ2v) is 5.01. The summed E-state index contributed by atoms with van der Waals surface area (Å²) in [7, 11) is 0. The number of hydrogen-bond donors (Lipinski definition) is 0. The van der Waals surface area contributed by atoms with Crippen molar-refractivity contribution in [3.8, 4) is 0 Å². The largest absolute Gasteiger partial charge is 0.274 e. The minimum atomic E-state index is -0.245. The molecule has 2 aromatic carbocycles. The number of nitrogens with zero attached hydrogens (tertiary/aromatic N) is 1. The molecule has 0 saturated carbocycles. The van der Waals surface area contributed by atoms with Gasteiger partial charge in [-0.05, 0) is 24.1 Å². The number of imide groups is 1. The number of benzene rings is 2. The second kappa shape index (κ2) is 4.93. The Labute approximate surface area is 117 Å². The molecule has 2 amide bonds. The molecule has 2 aromatic rings. The first-order chi connectivity index (χ1) is 9.68. The number of rotatable bonds is 2. The molecule has 3 rings (SSSR count). The van der Waals surface area contributed by atoms with Gasteiger partial charge >= 0.3 is 0 Å². The monoisotopic (exact) mass is 265 g/mol. The summed E-state index contributed by atoms with van der Waals surface area (Å²) < 4.78 is 0. The highest BCUT2D eigenvalue weighted by Crippen LogP contribution is 2.37. The summed E-state index contributed by atoms with van der Waals surface area (Å²) >= 11 is 0. The number of hydrogen-bond acceptors (Lipinski definition) is 2. The van der Waals surface area contributed by atoms with Crippen molar-refractivity contribution < 1.29 is 9.59 Å². The average Bonchev–Trinajstić information content (AvgIpc) is 2.72. The summed E-state index contributed by atoms with van der Waals surface area (Å²) in [5.74, 6) is -0.545. The van der Waals surface area contributed by atoms with Gasteiger partial charge in [0, 0.05) is 0 Å². The van der Waals surface area contributed by atoms with E-state index in [1.165, 1.54) is 4.90 Å². The Morgan fingerprint density at radius 3 is 2.45 bits per heavy atom. The highest BCUT2D eigenvalue weighted by molar-refractivity contribution is 6.21. The number of carbonyl (C=O) groups excluding carboxylic acids is 2. The Hall–Kier alpha value is -2.42. The van der Waals surface area contributed by atoms with Crippen LogP contribution in [0.3, 0.4) is 0 Å². The normalized spacial score (nSPS) is 17.1. The smallest absolute Gasteiger partial charge is 0.241 e. The Morgan fingerprint density at radius 2 is 1.70 bits per heavy atom. The van der Waals surface area contributed by atoms with E-state index >= 15 is 0 Å². The molecule has 0 saturated heterocycles. The molecule has 3 nitrogen and oxygen atoms in total. The van der Waals surface area contributed by atoms with Crippen LogP contribution in [0.2, 0.25) is 0 Å². The molecule has 1 unspecified atom stereocenters. The van der Waals surface area contributed by atoms with Gasteiger partial charge < -0.3 is 0 Å². The fourth-order valence-corrected chi connectivity index (χ4v) is 2.61. The lowest BCUT2D eigenvalue weighted by atomic mass is 10.0. The van der Waals surface area contributed by atoms with Crippen LogP contribution in [-0.2, 0) is 16.0 Å². The van der Waals surface area contributed by atoms with Gasteiger partial charge in [-0.15, -0.1) is 0 Å². The van der Waals surface area contributed by atoms with Crippen molar-refractivity contribution in [1.29, 1.82) is 0 Å². The maximum atomic E-state index is 12.4. The molecule has 20 heavy (non-hydrogen) atoms. The first kappa shape index (κ1) is 12.6. The van der Waals surface area contributed by atoms with Gasteiger partial charge in [0.15, 0.2) is 0 Å². The van der Waals surface area contributed by atoms with Crippen LogP contribution in [0.15, 0.2) is 54.6 Å². The topological polar surface area (TPSA) is 37.4 Å². The van der Waals surface area contributed by atoms with Crippen LogP contribution in [0.5, 0.6) is 0 Å². The Bertz CT molecular complexity index is 664. The molecule has 0 N–H and O–H groups in total. The van der Waals surface area contributed by atoms with E-state index < -0.39 is 0 Å². The van der Waals surface area contributed by atoms with E-state index in [0.717, 1.165) is 16.8 Å². The highest BCUT2D eigenvalue weighted by atomic mass is 16.2. The zero-order chi connectivity index (χ0) is 14.1. The Morgan fingerprint density at radius 1 is 1.05 bits per heavy atom. The predicted octanol–water partition coefficient (Wildman–Crippen LogP) is 2.91. The maximum absolute atomic E-state index is 12.4. The van der Waals surface area contributed by atoms with Crippen molar-refractivity contribution in [3.63, 3.8) is 0 Å². The van der Waals surface area contributed by atoms with Crippen molar-refractivity contribution in [3.05, 3.63) is 65.7 Å². The quantitative estimate of drug-likeness (QED) is 0.837. The van der Waals surface area contributed by atoms with Crippen molar-refractivity contribution >= 4 is 17.5 Å². The van der Waals surface area contributed by atoms with Crippen LogP contribution in [0.4, 0.5) is 5.69 Å². The minimum Gasteiger partial charge on any atom is -0.274 e. The summed E-state index contributed by atoms with van der Waals surface area (Å²) in [4.78, 5) is 26.1. The SMILES string of the molecule is CC1C(=O)N(C(=O)Cc2ccccc2)c2ccccc21. The van der Waals surface area contributed by atoms with E-state index in [4.69, 9.17) is 0 Å². The van der Waals surface area contributed by atoms with Gasteiger partial charge in [0.1, 0.15) is 0 Å². The number of carbonyl (C=O) groups is 2. The van der Waals surface area contributed by atoms with Crippen molar-refractivity contribution in [2.24, 2.45) is 0 Å². The van der Waals surface area contributed by atoms with E-state index in [0.29, 0.717) is 0 Å². The fourth-order valence-electron chi connectivity index (χ4n) is 2.61. The predicted molar refractivity (Wildman–Crippen MR) is 77.5 cm³/mol. The lowest BCUT2D eigenvalue weighted by Crippen LogP contribution is -2.35. The zero-order valence-electron chi connectivity index (χ0n) is 11.2. The van der Waals surface area contributed by atoms with Gasteiger partial charge in [-0.3, -0.25) is 9.59 Å². The Kier molecular flexibility index (Phi) is 3.11. The third kappa shape index (κ3) is 2.01. The number of fused-ring (bicyclic) bond motifs is 1. The van der Waals surface area contributed by atoms with E-state index in [1.54, 1.807) is 0 Å². The first-order valence-corrected chi connectivity index (χ1v) is 6.68. The molecule has 0 fully saturated rings. The minimum absolute atomic E-state index is 0.132. The van der Waals surface area contributed by atoms with Crippen molar-refractivity contribution in [2.45, 2.75) is 19.3 Å². The van der Waals surface area contributed by atoms with E-state index in [2.05, 4.69) is 0 Å². The Balaban J connectivity index is 1.91. The third-order valence-electron chi connectivity index (χ3n) is 3.68. The van der Waals surface area contributed by atoms with Gasteiger partial charge in [-0.1, -0.05) is 48.5 Å². The van der Waals surface area contributed by atoms with E-state index in [-0.39, 0.29) is 24.2 Å². The van der Waals surface area contributed by atoms with Crippen LogP contribution >= 0.6 is 0 Å². The van der Waals surface area contributed by atoms with Gasteiger partial charge in [-0.25, -0.2) is 4.90 Å². The third-order valence-corrected chi connectivity index (χ3v) is 3.68. The number of amides is 2. The standard InChI is InChI=1S/C17H15NO2/c1-12-14-9-5-6-10-15(14)18(17(12)20)16(19)11-13-7-3-2-4-8-13/h2-10,12H,11H2,1H3. The molecule has 1 aliphatic heterocycles. The van der Waals surface area contributed by atoms with Crippen LogP contribution < -0.4 is 4.90 Å². The van der Waals surface area contributed by atoms with Crippen LogP contribution in [-0.4, -0.2) is 11.8 Å². The molecule has 100 valence electrons. The lowest BCUT2D eigenvalue weighted by molar-refractivity contribution is -0.126. The van der Waals surface area contributed by atoms with Gasteiger partial charge in [0.25, 0.3) is 0 Å². The van der Waals surface area contributed by atoms with Gasteiger partial charge in [-0.2, -0.15) is 0 Å². The highest BCUT2D eigenvalue weighted by Gasteiger charge is 2.37. The first-order valence-electron chi connectivity index (χ1n) is 6.68. The molecular formula is C17H15NO2. The number of para-hydroxylation sites is 1. The second-order valence-electron chi connectivity index (χ2n) is 5.01. The molecule has 1 atom stereocenters. The molecule has 0 aliphatic carbocycles. The van der Waals surface area contributed by atoms with Gasteiger partial charge in [0.05, 0.1) is 18.0 Å². The number of anilines is 1. The molecule has 3 heteroatoms.